The standard InChI is InChI=1S/C13H18ClN3O/c14-10-1-2-12(11(7-10)13(15)18)17-6-4-9-3-5-16-8-9/h1-2,7,9,16-17H,3-6,8H2,(H2,15,18). The molecule has 2 rings (SSSR count). The Bertz CT molecular complexity index is 430. The first-order valence-corrected chi connectivity index (χ1v) is 6.58. The molecule has 1 aliphatic heterocycles. The van der Waals surface area contributed by atoms with E-state index in [2.05, 4.69) is 10.6 Å². The van der Waals surface area contributed by atoms with Crippen molar-refractivity contribution in [2.75, 3.05) is 25.0 Å². The normalized spacial score (nSPS) is 18.8. The number of primary amides is 1. The smallest absolute Gasteiger partial charge is 0.250 e. The highest BCUT2D eigenvalue weighted by molar-refractivity contribution is 6.31. The van der Waals surface area contributed by atoms with E-state index < -0.39 is 5.91 Å². The van der Waals surface area contributed by atoms with Crippen LogP contribution in [0.3, 0.4) is 0 Å². The Balaban J connectivity index is 1.93. The van der Waals surface area contributed by atoms with Crippen molar-refractivity contribution in [2.24, 2.45) is 11.7 Å². The summed E-state index contributed by atoms with van der Waals surface area (Å²) in [4.78, 5) is 11.3. The first-order valence-electron chi connectivity index (χ1n) is 6.21. The predicted molar refractivity (Wildman–Crippen MR) is 74.1 cm³/mol. The Morgan fingerprint density at radius 2 is 2.39 bits per heavy atom. The van der Waals surface area contributed by atoms with Gasteiger partial charge in [0.25, 0.3) is 5.91 Å². The van der Waals surface area contributed by atoms with Crippen LogP contribution in [-0.4, -0.2) is 25.5 Å². The van der Waals surface area contributed by atoms with Crippen LogP contribution in [0, 0.1) is 5.92 Å². The van der Waals surface area contributed by atoms with Gasteiger partial charge >= 0.3 is 0 Å². The minimum absolute atomic E-state index is 0.451. The number of carbonyl (C=O) groups excluding carboxylic acids is 1. The molecule has 5 heteroatoms. The summed E-state index contributed by atoms with van der Waals surface area (Å²) in [6.07, 6.45) is 2.32. The first-order chi connectivity index (χ1) is 8.66. The van der Waals surface area contributed by atoms with Crippen molar-refractivity contribution in [3.63, 3.8) is 0 Å². The third-order valence-corrected chi connectivity index (χ3v) is 3.51. The van der Waals surface area contributed by atoms with Gasteiger partial charge in [0.15, 0.2) is 0 Å². The molecule has 0 spiro atoms. The molecule has 98 valence electrons. The van der Waals surface area contributed by atoms with Gasteiger partial charge in [-0.15, -0.1) is 0 Å². The van der Waals surface area contributed by atoms with Gasteiger partial charge < -0.3 is 16.4 Å². The molecule has 0 bridgehead atoms. The van der Waals surface area contributed by atoms with Gasteiger partial charge in [0.05, 0.1) is 5.56 Å². The van der Waals surface area contributed by atoms with Crippen molar-refractivity contribution in [1.29, 1.82) is 0 Å². The van der Waals surface area contributed by atoms with Gasteiger partial charge in [-0.25, -0.2) is 0 Å². The highest BCUT2D eigenvalue weighted by Gasteiger charge is 2.14. The van der Waals surface area contributed by atoms with Gasteiger partial charge in [-0.2, -0.15) is 0 Å². The second-order valence-corrected chi connectivity index (χ2v) is 5.06. The monoisotopic (exact) mass is 267 g/mol. The van der Waals surface area contributed by atoms with Gasteiger partial charge in [0, 0.05) is 17.3 Å². The van der Waals surface area contributed by atoms with Crippen LogP contribution in [-0.2, 0) is 0 Å². The number of hydrogen-bond acceptors (Lipinski definition) is 3. The molecule has 0 aliphatic carbocycles. The van der Waals surface area contributed by atoms with Crippen molar-refractivity contribution >= 4 is 23.2 Å². The molecule has 1 aromatic rings. The predicted octanol–water partition coefficient (Wildman–Crippen LogP) is 1.85. The van der Waals surface area contributed by atoms with E-state index in [-0.39, 0.29) is 0 Å². The Morgan fingerprint density at radius 1 is 1.56 bits per heavy atom. The largest absolute Gasteiger partial charge is 0.384 e. The number of nitrogens with one attached hydrogen (secondary N) is 2. The fourth-order valence-corrected chi connectivity index (χ4v) is 2.42. The highest BCUT2D eigenvalue weighted by Crippen LogP contribution is 2.21. The summed E-state index contributed by atoms with van der Waals surface area (Å²) in [7, 11) is 0. The van der Waals surface area contributed by atoms with E-state index in [9.17, 15) is 4.79 Å². The first kappa shape index (κ1) is 13.2. The highest BCUT2D eigenvalue weighted by atomic mass is 35.5. The van der Waals surface area contributed by atoms with E-state index >= 15 is 0 Å². The second-order valence-electron chi connectivity index (χ2n) is 4.63. The minimum atomic E-state index is -0.456. The van der Waals surface area contributed by atoms with Crippen LogP contribution in [0.2, 0.25) is 5.02 Å². The van der Waals surface area contributed by atoms with E-state index in [4.69, 9.17) is 17.3 Å². The molecular formula is C13H18ClN3O. The van der Waals surface area contributed by atoms with Crippen LogP contribution in [0.1, 0.15) is 23.2 Å². The molecule has 0 saturated carbocycles. The quantitative estimate of drug-likeness (QED) is 0.763. The number of halogens is 1. The summed E-state index contributed by atoms with van der Waals surface area (Å²) >= 11 is 5.85. The van der Waals surface area contributed by atoms with Crippen LogP contribution in [0.15, 0.2) is 18.2 Å². The van der Waals surface area contributed by atoms with E-state index in [1.165, 1.54) is 6.42 Å². The van der Waals surface area contributed by atoms with Crippen LogP contribution >= 0.6 is 11.6 Å². The Morgan fingerprint density at radius 3 is 3.06 bits per heavy atom. The SMILES string of the molecule is NC(=O)c1cc(Cl)ccc1NCCC1CCNC1. The molecule has 1 heterocycles. The van der Waals surface area contributed by atoms with E-state index in [1.54, 1.807) is 18.2 Å². The lowest BCUT2D eigenvalue weighted by molar-refractivity contribution is 0.100. The minimum Gasteiger partial charge on any atom is -0.384 e. The zero-order valence-corrected chi connectivity index (χ0v) is 11.0. The summed E-state index contributed by atoms with van der Waals surface area (Å²) < 4.78 is 0. The number of hydrogen-bond donors (Lipinski definition) is 3. The van der Waals surface area contributed by atoms with Crippen molar-refractivity contribution in [1.82, 2.24) is 5.32 Å². The molecule has 1 fully saturated rings. The summed E-state index contributed by atoms with van der Waals surface area (Å²) in [5.41, 5.74) is 6.54. The lowest BCUT2D eigenvalue weighted by Gasteiger charge is -2.12. The zero-order chi connectivity index (χ0) is 13.0. The van der Waals surface area contributed by atoms with Crippen molar-refractivity contribution in [3.05, 3.63) is 28.8 Å². The lowest BCUT2D eigenvalue weighted by atomic mass is 10.0. The van der Waals surface area contributed by atoms with Crippen LogP contribution in [0.4, 0.5) is 5.69 Å². The van der Waals surface area contributed by atoms with Gasteiger partial charge in [-0.3, -0.25) is 4.79 Å². The average Bonchev–Trinajstić information content (AvgIpc) is 2.84. The van der Waals surface area contributed by atoms with Crippen LogP contribution in [0.5, 0.6) is 0 Å². The van der Waals surface area contributed by atoms with E-state index in [1.807, 2.05) is 0 Å². The number of anilines is 1. The Labute approximate surface area is 112 Å². The summed E-state index contributed by atoms with van der Waals surface area (Å²) in [5.74, 6) is 0.268. The summed E-state index contributed by atoms with van der Waals surface area (Å²) in [6.45, 7) is 3.04. The van der Waals surface area contributed by atoms with Gasteiger partial charge in [-0.05, 0) is 50.0 Å². The number of amides is 1. The molecule has 0 aromatic heterocycles. The number of carbonyl (C=O) groups is 1. The maximum absolute atomic E-state index is 11.3. The molecule has 18 heavy (non-hydrogen) atoms. The molecule has 1 aliphatic rings. The second kappa shape index (κ2) is 6.07. The third kappa shape index (κ3) is 3.37. The zero-order valence-electron chi connectivity index (χ0n) is 10.2. The fourth-order valence-electron chi connectivity index (χ4n) is 2.25. The Hall–Kier alpha value is -1.26. The maximum atomic E-state index is 11.3. The van der Waals surface area contributed by atoms with Crippen LogP contribution < -0.4 is 16.4 Å². The molecule has 1 aromatic carbocycles. The van der Waals surface area contributed by atoms with Crippen molar-refractivity contribution in [2.45, 2.75) is 12.8 Å². The number of rotatable bonds is 5. The van der Waals surface area contributed by atoms with Crippen LogP contribution in [0.25, 0.3) is 0 Å². The van der Waals surface area contributed by atoms with Gasteiger partial charge in [-0.1, -0.05) is 11.6 Å². The van der Waals surface area contributed by atoms with Crippen molar-refractivity contribution in [3.8, 4) is 0 Å². The molecule has 4 N–H and O–H groups in total. The van der Waals surface area contributed by atoms with E-state index in [0.717, 1.165) is 37.7 Å². The molecular weight excluding hydrogens is 250 g/mol. The topological polar surface area (TPSA) is 67.2 Å². The third-order valence-electron chi connectivity index (χ3n) is 3.28. The molecule has 1 atom stereocenters. The lowest BCUT2D eigenvalue weighted by Crippen LogP contribution is -2.16. The maximum Gasteiger partial charge on any atom is 0.250 e. The molecule has 1 amide bonds. The fraction of sp³-hybridized carbons (Fsp3) is 0.462. The molecule has 4 nitrogen and oxygen atoms in total. The molecule has 1 unspecified atom stereocenters. The molecule has 1 saturated heterocycles. The Kier molecular flexibility index (Phi) is 4.44. The van der Waals surface area contributed by atoms with Gasteiger partial charge in [0.2, 0.25) is 0 Å². The summed E-state index contributed by atoms with van der Waals surface area (Å²) in [5, 5.41) is 7.12. The van der Waals surface area contributed by atoms with Gasteiger partial charge in [0.1, 0.15) is 0 Å². The van der Waals surface area contributed by atoms with Crippen molar-refractivity contribution < 1.29 is 4.79 Å². The average molecular weight is 268 g/mol. The number of benzene rings is 1. The summed E-state index contributed by atoms with van der Waals surface area (Å²) in [6, 6.07) is 5.16. The molecule has 0 radical (unpaired) electrons. The van der Waals surface area contributed by atoms with E-state index in [0.29, 0.717) is 10.6 Å². The number of nitrogens with two attached hydrogens (primary N) is 1.